The molecule has 0 bridgehead atoms. The van der Waals surface area contributed by atoms with Crippen molar-refractivity contribution in [1.82, 2.24) is 0 Å². The van der Waals surface area contributed by atoms with E-state index in [9.17, 15) is 14.7 Å². The molecule has 0 atom stereocenters. The summed E-state index contributed by atoms with van der Waals surface area (Å²) in [4.78, 5) is 22.0. The van der Waals surface area contributed by atoms with E-state index in [0.717, 1.165) is 0 Å². The van der Waals surface area contributed by atoms with E-state index in [1.807, 2.05) is 0 Å². The number of aliphatic hydroxyl groups is 1. The maximum absolute atomic E-state index is 11.1. The van der Waals surface area contributed by atoms with Gasteiger partial charge in [0.25, 0.3) is 0 Å². The van der Waals surface area contributed by atoms with E-state index in [0.29, 0.717) is 0 Å². The predicted molar refractivity (Wildman–Crippen MR) is 54.3 cm³/mol. The minimum Gasteiger partial charge on any atom is -0.501 e. The molecule has 0 aromatic carbocycles. The first kappa shape index (κ1) is 17.4. The maximum Gasteiger partial charge on any atom is 0.375 e. The quantitative estimate of drug-likeness (QED) is 0.244. The van der Waals surface area contributed by atoms with Crippen LogP contribution in [0.15, 0.2) is 11.3 Å². The van der Waals surface area contributed by atoms with Gasteiger partial charge in [0.15, 0.2) is 5.57 Å². The number of aliphatic hydroxyl groups excluding tert-OH is 1. The Hall–Kier alpha value is -1.03. The summed E-state index contributed by atoms with van der Waals surface area (Å²) < 4.78 is 8.87. The van der Waals surface area contributed by atoms with Crippen molar-refractivity contribution in [1.29, 1.82) is 5.26 Å². The van der Waals surface area contributed by atoms with Crippen molar-refractivity contribution in [3.05, 3.63) is 11.3 Å². The standard InChI is InChI=1S/C9H11NO5.Na/c1-3-14-8(12)6(5-10)7(11)9(13)15-4-2;/h11H,3-4H2,1-2H3;. The van der Waals surface area contributed by atoms with Crippen LogP contribution in [0.2, 0.25) is 0 Å². The van der Waals surface area contributed by atoms with Gasteiger partial charge in [-0.15, -0.1) is 0 Å². The van der Waals surface area contributed by atoms with E-state index in [4.69, 9.17) is 5.26 Å². The van der Waals surface area contributed by atoms with E-state index >= 15 is 0 Å². The summed E-state index contributed by atoms with van der Waals surface area (Å²) in [5, 5.41) is 17.7. The Kier molecular flexibility index (Phi) is 10.0. The minimum atomic E-state index is -1.12. The molecule has 83 valence electrons. The first-order valence-corrected chi connectivity index (χ1v) is 4.26. The first-order chi connectivity index (χ1) is 7.08. The van der Waals surface area contributed by atoms with Gasteiger partial charge in [-0.2, -0.15) is 5.26 Å². The third kappa shape index (κ3) is 5.16. The van der Waals surface area contributed by atoms with Crippen molar-refractivity contribution < 1.29 is 24.2 Å². The Morgan fingerprint density at radius 1 is 1.19 bits per heavy atom. The Bertz CT molecular complexity index is 331. The molecular weight excluding hydrogens is 225 g/mol. The third-order valence-electron chi connectivity index (χ3n) is 1.30. The zero-order valence-corrected chi connectivity index (χ0v) is 11.4. The van der Waals surface area contributed by atoms with Gasteiger partial charge in [-0.25, -0.2) is 9.59 Å². The molecule has 0 aliphatic carbocycles. The van der Waals surface area contributed by atoms with Gasteiger partial charge in [0.05, 0.1) is 13.2 Å². The summed E-state index contributed by atoms with van der Waals surface area (Å²) in [6.07, 6.45) is 0. The average molecular weight is 236 g/mol. The molecule has 1 radical (unpaired) electrons. The van der Waals surface area contributed by atoms with Crippen molar-refractivity contribution >= 4 is 41.5 Å². The number of hydrogen-bond acceptors (Lipinski definition) is 6. The van der Waals surface area contributed by atoms with Gasteiger partial charge in [-0.05, 0) is 13.8 Å². The van der Waals surface area contributed by atoms with Gasteiger partial charge in [0.1, 0.15) is 6.07 Å². The number of carbonyl (C=O) groups excluding carboxylic acids is 2. The summed E-state index contributed by atoms with van der Waals surface area (Å²) in [6, 6.07) is 1.38. The molecule has 0 aliphatic rings. The Morgan fingerprint density at radius 3 is 2.00 bits per heavy atom. The molecule has 16 heavy (non-hydrogen) atoms. The van der Waals surface area contributed by atoms with Gasteiger partial charge in [0.2, 0.25) is 5.76 Å². The zero-order chi connectivity index (χ0) is 11.8. The van der Waals surface area contributed by atoms with Crippen LogP contribution in [0, 0.1) is 11.3 Å². The van der Waals surface area contributed by atoms with Gasteiger partial charge in [0, 0.05) is 29.6 Å². The molecular formula is C9H11NNaO5. The van der Waals surface area contributed by atoms with Gasteiger partial charge < -0.3 is 14.6 Å². The van der Waals surface area contributed by atoms with Crippen LogP contribution in [-0.2, 0) is 19.1 Å². The number of carbonyl (C=O) groups is 2. The maximum atomic E-state index is 11.1. The second-order valence-corrected chi connectivity index (χ2v) is 2.28. The van der Waals surface area contributed by atoms with Crippen LogP contribution in [0.5, 0.6) is 0 Å². The first-order valence-electron chi connectivity index (χ1n) is 4.26. The largest absolute Gasteiger partial charge is 0.501 e. The van der Waals surface area contributed by atoms with Crippen molar-refractivity contribution in [3.63, 3.8) is 0 Å². The van der Waals surface area contributed by atoms with Crippen LogP contribution in [-0.4, -0.2) is 59.8 Å². The number of hydrogen-bond donors (Lipinski definition) is 1. The summed E-state index contributed by atoms with van der Waals surface area (Å²) in [5.74, 6) is -3.20. The molecule has 0 aromatic rings. The van der Waals surface area contributed by atoms with E-state index < -0.39 is 23.3 Å². The SMILES string of the molecule is CCOC(=O)C(O)=C(C#N)C(=O)OCC.[Na]. The number of nitrogens with zero attached hydrogens (tertiary/aromatic N) is 1. The normalized spacial score (nSPS) is 10.3. The fourth-order valence-electron chi connectivity index (χ4n) is 0.700. The smallest absolute Gasteiger partial charge is 0.375 e. The molecule has 0 heterocycles. The average Bonchev–Trinajstić information content (AvgIpc) is 2.19. The van der Waals surface area contributed by atoms with Crippen LogP contribution in [0.4, 0.5) is 0 Å². The summed E-state index contributed by atoms with van der Waals surface area (Å²) >= 11 is 0. The van der Waals surface area contributed by atoms with Gasteiger partial charge >= 0.3 is 11.9 Å². The molecule has 7 heteroatoms. The predicted octanol–water partition coefficient (Wildman–Crippen LogP) is 0.0675. The van der Waals surface area contributed by atoms with Crippen LogP contribution in [0.1, 0.15) is 13.8 Å². The zero-order valence-electron chi connectivity index (χ0n) is 9.44. The molecule has 0 aromatic heterocycles. The molecule has 0 fully saturated rings. The van der Waals surface area contributed by atoms with Crippen LogP contribution in [0.3, 0.4) is 0 Å². The fourth-order valence-corrected chi connectivity index (χ4v) is 0.700. The molecule has 0 spiro atoms. The molecule has 0 unspecified atom stereocenters. The van der Waals surface area contributed by atoms with Gasteiger partial charge in [-0.1, -0.05) is 0 Å². The van der Waals surface area contributed by atoms with E-state index in [2.05, 4.69) is 9.47 Å². The topological polar surface area (TPSA) is 96.6 Å². The second kappa shape index (κ2) is 9.21. The Balaban J connectivity index is 0. The molecule has 0 saturated carbocycles. The van der Waals surface area contributed by atoms with Crippen LogP contribution in [0.25, 0.3) is 0 Å². The fraction of sp³-hybridized carbons (Fsp3) is 0.444. The summed E-state index contributed by atoms with van der Waals surface area (Å²) in [5.41, 5.74) is -0.754. The van der Waals surface area contributed by atoms with E-state index in [1.54, 1.807) is 0 Å². The number of nitriles is 1. The molecule has 0 aliphatic heterocycles. The van der Waals surface area contributed by atoms with Crippen LogP contribution >= 0.6 is 0 Å². The molecule has 0 amide bonds. The van der Waals surface area contributed by atoms with Crippen LogP contribution < -0.4 is 0 Å². The Labute approximate surface area is 115 Å². The number of ether oxygens (including phenoxy) is 2. The molecule has 6 nitrogen and oxygen atoms in total. The number of rotatable bonds is 4. The summed E-state index contributed by atoms with van der Waals surface area (Å²) in [7, 11) is 0. The number of esters is 2. The molecule has 0 saturated heterocycles. The monoisotopic (exact) mass is 236 g/mol. The summed E-state index contributed by atoms with van der Waals surface area (Å²) in [6.45, 7) is 3.14. The third-order valence-corrected chi connectivity index (χ3v) is 1.30. The van der Waals surface area contributed by atoms with E-state index in [-0.39, 0.29) is 42.8 Å². The van der Waals surface area contributed by atoms with Gasteiger partial charge in [-0.3, -0.25) is 0 Å². The second-order valence-electron chi connectivity index (χ2n) is 2.28. The Morgan fingerprint density at radius 2 is 1.62 bits per heavy atom. The van der Waals surface area contributed by atoms with Crippen molar-refractivity contribution in [2.24, 2.45) is 0 Å². The molecule has 0 rings (SSSR count). The van der Waals surface area contributed by atoms with E-state index in [1.165, 1.54) is 19.9 Å². The van der Waals surface area contributed by atoms with Crippen molar-refractivity contribution in [3.8, 4) is 6.07 Å². The molecule has 1 N–H and O–H groups in total. The van der Waals surface area contributed by atoms with Crippen molar-refractivity contribution in [2.45, 2.75) is 13.8 Å². The minimum absolute atomic E-state index is 0. The van der Waals surface area contributed by atoms with Crippen molar-refractivity contribution in [2.75, 3.05) is 13.2 Å².